The van der Waals surface area contributed by atoms with Crippen LogP contribution in [0.5, 0.6) is 17.2 Å². The lowest BCUT2D eigenvalue weighted by Crippen LogP contribution is -2.14. The molecule has 0 fully saturated rings. The van der Waals surface area contributed by atoms with Crippen LogP contribution in [0.3, 0.4) is 0 Å². The topological polar surface area (TPSA) is 44.8 Å². The minimum atomic E-state index is -3.60. The molecule has 0 radical (unpaired) electrons. The molecule has 0 saturated heterocycles. The number of ether oxygens (including phenoxy) is 1. The van der Waals surface area contributed by atoms with Gasteiger partial charge in [0.15, 0.2) is 0 Å². The first-order chi connectivity index (χ1) is 11.7. The lowest BCUT2D eigenvalue weighted by molar-refractivity contribution is 0.399. The first kappa shape index (κ1) is 16.2. The second kappa shape index (κ2) is 7.24. The van der Waals surface area contributed by atoms with Crippen LogP contribution >= 0.6 is 7.60 Å². The van der Waals surface area contributed by atoms with E-state index in [9.17, 15) is 4.57 Å². The molecule has 5 heteroatoms. The predicted molar refractivity (Wildman–Crippen MR) is 94.4 cm³/mol. The van der Waals surface area contributed by atoms with Gasteiger partial charge in [0.25, 0.3) is 0 Å². The Kier molecular flexibility index (Phi) is 4.88. The fourth-order valence-electron chi connectivity index (χ4n) is 2.13. The van der Waals surface area contributed by atoms with E-state index in [1.165, 1.54) is 0 Å². The molecule has 0 aliphatic carbocycles. The van der Waals surface area contributed by atoms with Crippen LogP contribution in [-0.4, -0.2) is 7.11 Å². The van der Waals surface area contributed by atoms with E-state index in [-0.39, 0.29) is 0 Å². The van der Waals surface area contributed by atoms with Crippen LogP contribution in [0.2, 0.25) is 0 Å². The molecule has 0 aliphatic rings. The largest absolute Gasteiger partial charge is 0.497 e. The van der Waals surface area contributed by atoms with Gasteiger partial charge in [-0.05, 0) is 48.5 Å². The molecule has 24 heavy (non-hydrogen) atoms. The molecule has 0 aliphatic heterocycles. The summed E-state index contributed by atoms with van der Waals surface area (Å²) >= 11 is 0. The molecular formula is C19H17O4P. The number of para-hydroxylation sites is 2. The van der Waals surface area contributed by atoms with Crippen molar-refractivity contribution in [2.75, 3.05) is 7.11 Å². The Bertz CT molecular complexity index is 772. The number of hydrogen-bond donors (Lipinski definition) is 0. The van der Waals surface area contributed by atoms with Crippen molar-refractivity contribution in [2.45, 2.75) is 0 Å². The Morgan fingerprint density at radius 3 is 1.50 bits per heavy atom. The maximum absolute atomic E-state index is 13.5. The van der Waals surface area contributed by atoms with Crippen LogP contribution in [0.25, 0.3) is 0 Å². The zero-order valence-electron chi connectivity index (χ0n) is 13.2. The van der Waals surface area contributed by atoms with Crippen LogP contribution in [0, 0.1) is 0 Å². The average Bonchev–Trinajstić information content (AvgIpc) is 2.63. The van der Waals surface area contributed by atoms with Crippen LogP contribution in [0.4, 0.5) is 0 Å². The van der Waals surface area contributed by atoms with Crippen molar-refractivity contribution in [2.24, 2.45) is 0 Å². The molecule has 0 aromatic heterocycles. The lowest BCUT2D eigenvalue weighted by atomic mass is 10.3. The first-order valence-corrected chi connectivity index (χ1v) is 8.98. The molecule has 0 atom stereocenters. The molecule has 4 nitrogen and oxygen atoms in total. The van der Waals surface area contributed by atoms with Crippen molar-refractivity contribution in [3.63, 3.8) is 0 Å². The van der Waals surface area contributed by atoms with Gasteiger partial charge in [-0.2, -0.15) is 0 Å². The van der Waals surface area contributed by atoms with Gasteiger partial charge in [-0.1, -0.05) is 36.4 Å². The van der Waals surface area contributed by atoms with Gasteiger partial charge < -0.3 is 13.8 Å². The van der Waals surface area contributed by atoms with Crippen molar-refractivity contribution < 1.29 is 18.3 Å². The SMILES string of the molecule is COc1ccc(P(=O)(Oc2ccccc2)Oc2ccccc2)cc1. The van der Waals surface area contributed by atoms with Crippen molar-refractivity contribution in [3.8, 4) is 17.2 Å². The Labute approximate surface area is 141 Å². The summed E-state index contributed by atoms with van der Waals surface area (Å²) in [7, 11) is -2.02. The van der Waals surface area contributed by atoms with Gasteiger partial charge in [0.05, 0.1) is 12.4 Å². The first-order valence-electron chi connectivity index (χ1n) is 7.43. The van der Waals surface area contributed by atoms with Crippen LogP contribution in [0.1, 0.15) is 0 Å². The lowest BCUT2D eigenvalue weighted by Gasteiger charge is -2.20. The zero-order valence-corrected chi connectivity index (χ0v) is 14.1. The number of rotatable bonds is 6. The van der Waals surface area contributed by atoms with Crippen LogP contribution in [0.15, 0.2) is 84.9 Å². The molecule has 0 heterocycles. The van der Waals surface area contributed by atoms with Gasteiger partial charge in [-0.3, -0.25) is 0 Å². The standard InChI is InChI=1S/C19H17O4P/c1-21-16-12-14-19(15-13-16)24(20,22-17-8-4-2-5-9-17)23-18-10-6-3-7-11-18/h2-15H,1H3. The summed E-state index contributed by atoms with van der Waals surface area (Å²) in [6, 6.07) is 24.8. The highest BCUT2D eigenvalue weighted by molar-refractivity contribution is 7.63. The fourth-order valence-corrected chi connectivity index (χ4v) is 3.69. The second-order valence-electron chi connectivity index (χ2n) is 5.00. The van der Waals surface area contributed by atoms with Gasteiger partial charge in [0.2, 0.25) is 0 Å². The smallest absolute Gasteiger partial charge is 0.462 e. The summed E-state index contributed by atoms with van der Waals surface area (Å²) in [6.45, 7) is 0. The van der Waals surface area contributed by atoms with Crippen molar-refractivity contribution in [1.29, 1.82) is 0 Å². The van der Waals surface area contributed by atoms with Crippen LogP contribution in [-0.2, 0) is 4.57 Å². The zero-order chi connectivity index (χ0) is 16.8. The maximum atomic E-state index is 13.5. The highest BCUT2D eigenvalue weighted by atomic mass is 31.2. The molecular weight excluding hydrogens is 323 g/mol. The van der Waals surface area contributed by atoms with E-state index >= 15 is 0 Å². The normalized spacial score (nSPS) is 10.9. The molecule has 0 unspecified atom stereocenters. The monoisotopic (exact) mass is 340 g/mol. The molecule has 3 aromatic rings. The van der Waals surface area contributed by atoms with Gasteiger partial charge in [-0.25, -0.2) is 4.57 Å². The molecule has 122 valence electrons. The van der Waals surface area contributed by atoms with Crippen molar-refractivity contribution in [3.05, 3.63) is 84.9 Å². The number of methoxy groups -OCH3 is 1. The fraction of sp³-hybridized carbons (Fsp3) is 0.0526. The van der Waals surface area contributed by atoms with Crippen molar-refractivity contribution >= 4 is 12.9 Å². The maximum Gasteiger partial charge on any atom is 0.462 e. The van der Waals surface area contributed by atoms with Crippen molar-refractivity contribution in [1.82, 2.24) is 0 Å². The van der Waals surface area contributed by atoms with Gasteiger partial charge in [0.1, 0.15) is 17.2 Å². The van der Waals surface area contributed by atoms with E-state index < -0.39 is 7.60 Å². The Balaban J connectivity index is 1.97. The van der Waals surface area contributed by atoms with E-state index in [4.69, 9.17) is 13.8 Å². The van der Waals surface area contributed by atoms with Gasteiger partial charge in [0, 0.05) is 0 Å². The number of hydrogen-bond acceptors (Lipinski definition) is 4. The van der Waals surface area contributed by atoms with E-state index in [1.807, 2.05) is 36.4 Å². The van der Waals surface area contributed by atoms with Crippen LogP contribution < -0.4 is 19.1 Å². The van der Waals surface area contributed by atoms with E-state index in [2.05, 4.69) is 0 Å². The Morgan fingerprint density at radius 2 is 1.08 bits per heavy atom. The Morgan fingerprint density at radius 1 is 0.625 bits per heavy atom. The molecule has 0 saturated carbocycles. The van der Waals surface area contributed by atoms with E-state index in [0.717, 1.165) is 0 Å². The highest BCUT2D eigenvalue weighted by Crippen LogP contribution is 2.47. The molecule has 3 aromatic carbocycles. The van der Waals surface area contributed by atoms with Gasteiger partial charge in [-0.15, -0.1) is 0 Å². The molecule has 0 spiro atoms. The summed E-state index contributed by atoms with van der Waals surface area (Å²) in [5.74, 6) is 1.63. The minimum absolute atomic E-state index is 0.455. The second-order valence-corrected chi connectivity index (χ2v) is 6.88. The van der Waals surface area contributed by atoms with E-state index in [0.29, 0.717) is 22.6 Å². The number of benzene rings is 3. The third-order valence-electron chi connectivity index (χ3n) is 3.33. The highest BCUT2D eigenvalue weighted by Gasteiger charge is 2.31. The summed E-state index contributed by atoms with van der Waals surface area (Å²) < 4.78 is 30.1. The summed E-state index contributed by atoms with van der Waals surface area (Å²) in [4.78, 5) is 0. The Hall–Kier alpha value is -2.71. The quantitative estimate of drug-likeness (QED) is 0.612. The molecule has 0 amide bonds. The molecule has 3 rings (SSSR count). The average molecular weight is 340 g/mol. The van der Waals surface area contributed by atoms with Gasteiger partial charge >= 0.3 is 7.60 Å². The van der Waals surface area contributed by atoms with E-state index in [1.54, 1.807) is 55.6 Å². The third-order valence-corrected chi connectivity index (χ3v) is 5.16. The molecule has 0 N–H and O–H groups in total. The minimum Gasteiger partial charge on any atom is -0.497 e. The summed E-state index contributed by atoms with van der Waals surface area (Å²) in [5.41, 5.74) is 0. The summed E-state index contributed by atoms with van der Waals surface area (Å²) in [5, 5.41) is 0.455. The summed E-state index contributed by atoms with van der Waals surface area (Å²) in [6.07, 6.45) is 0. The third kappa shape index (κ3) is 3.79. The molecule has 0 bridgehead atoms. The predicted octanol–water partition coefficient (Wildman–Crippen LogP) is 4.67.